The summed E-state index contributed by atoms with van der Waals surface area (Å²) in [6.07, 6.45) is -0.632. The van der Waals surface area contributed by atoms with Gasteiger partial charge in [-0.05, 0) is 43.9 Å². The predicted molar refractivity (Wildman–Crippen MR) is 115 cm³/mol. The number of alkyl halides is 2. The van der Waals surface area contributed by atoms with Gasteiger partial charge in [-0.25, -0.2) is 4.79 Å². The maximum Gasteiger partial charge on any atom is 0.407 e. The van der Waals surface area contributed by atoms with Crippen molar-refractivity contribution in [2.75, 3.05) is 26.2 Å². The molecule has 8 nitrogen and oxygen atoms in total. The minimum absolute atomic E-state index is 0.0229. The molecular formula is C21H34F2N4O4. The van der Waals surface area contributed by atoms with Gasteiger partial charge in [0.05, 0.1) is 19.3 Å². The first-order valence-corrected chi connectivity index (χ1v) is 10.4. The zero-order chi connectivity index (χ0) is 23.2. The fraction of sp³-hybridized carbons (Fsp3) is 0.619. The molecule has 0 aliphatic rings. The van der Waals surface area contributed by atoms with Crippen LogP contribution in [0.1, 0.15) is 45.8 Å². The molecule has 1 aromatic carbocycles. The van der Waals surface area contributed by atoms with Crippen molar-refractivity contribution in [2.45, 2.75) is 52.9 Å². The lowest BCUT2D eigenvalue weighted by Gasteiger charge is -2.22. The molecule has 0 saturated heterocycles. The van der Waals surface area contributed by atoms with Crippen LogP contribution in [0, 0.1) is 5.92 Å². The third kappa shape index (κ3) is 11.4. The van der Waals surface area contributed by atoms with E-state index >= 15 is 0 Å². The summed E-state index contributed by atoms with van der Waals surface area (Å²) in [5.41, 5.74) is 0.530. The molecule has 176 valence electrons. The second-order valence-electron chi connectivity index (χ2n) is 7.26. The number of hydrogen-bond donors (Lipinski definition) is 4. The molecule has 0 bridgehead atoms. The number of carbonyl (C=O) groups is 1. The summed E-state index contributed by atoms with van der Waals surface area (Å²) in [7, 11) is 0. The zero-order valence-electron chi connectivity index (χ0n) is 18.5. The van der Waals surface area contributed by atoms with E-state index in [2.05, 4.69) is 39.5 Å². The number of halogens is 2. The molecule has 31 heavy (non-hydrogen) atoms. The number of alkyl carbamates (subject to hydrolysis) is 1. The van der Waals surface area contributed by atoms with Gasteiger partial charge < -0.3 is 30.5 Å². The number of aliphatic imine (C=N–C) groups is 1. The van der Waals surface area contributed by atoms with Crippen molar-refractivity contribution in [1.82, 2.24) is 16.0 Å². The number of rotatable bonds is 12. The molecule has 1 rings (SSSR count). The smallest absolute Gasteiger partial charge is 0.407 e. The van der Waals surface area contributed by atoms with Crippen LogP contribution in [0.4, 0.5) is 13.6 Å². The van der Waals surface area contributed by atoms with E-state index in [1.54, 1.807) is 6.92 Å². The molecule has 0 spiro atoms. The average Bonchev–Trinajstić information content (AvgIpc) is 2.69. The zero-order valence-corrected chi connectivity index (χ0v) is 18.5. The second kappa shape index (κ2) is 14.4. The summed E-state index contributed by atoms with van der Waals surface area (Å²) in [4.78, 5) is 16.1. The van der Waals surface area contributed by atoms with Crippen molar-refractivity contribution >= 4 is 12.1 Å². The number of nitrogens with one attached hydrogen (secondary N) is 3. The van der Waals surface area contributed by atoms with E-state index < -0.39 is 18.8 Å². The first-order valence-electron chi connectivity index (χ1n) is 10.4. The molecule has 2 atom stereocenters. The molecule has 1 aromatic rings. The first-order chi connectivity index (χ1) is 14.7. The van der Waals surface area contributed by atoms with Gasteiger partial charge >= 0.3 is 12.7 Å². The number of amides is 1. The van der Waals surface area contributed by atoms with Crippen LogP contribution in [0.25, 0.3) is 0 Å². The van der Waals surface area contributed by atoms with Crippen molar-refractivity contribution in [3.05, 3.63) is 29.8 Å². The lowest BCUT2D eigenvalue weighted by Crippen LogP contribution is -2.47. The van der Waals surface area contributed by atoms with E-state index in [-0.39, 0.29) is 18.3 Å². The lowest BCUT2D eigenvalue weighted by molar-refractivity contribution is -0.0498. The Morgan fingerprint density at radius 2 is 1.84 bits per heavy atom. The SMILES string of the molecule is CCNC(=NCC(O)c1ccc(OC(F)F)cc1)NCC(CC(C)C)NC(=O)OCC. The van der Waals surface area contributed by atoms with Gasteiger partial charge in [-0.3, -0.25) is 4.99 Å². The van der Waals surface area contributed by atoms with Crippen LogP contribution < -0.4 is 20.7 Å². The van der Waals surface area contributed by atoms with E-state index in [1.807, 2.05) is 6.92 Å². The minimum Gasteiger partial charge on any atom is -0.450 e. The van der Waals surface area contributed by atoms with Crippen molar-refractivity contribution in [2.24, 2.45) is 10.9 Å². The third-order valence-corrected chi connectivity index (χ3v) is 4.13. The highest BCUT2D eigenvalue weighted by Gasteiger charge is 2.16. The van der Waals surface area contributed by atoms with Crippen LogP contribution in [0.15, 0.2) is 29.3 Å². The van der Waals surface area contributed by atoms with Gasteiger partial charge in [0.25, 0.3) is 0 Å². The maximum absolute atomic E-state index is 12.2. The van der Waals surface area contributed by atoms with Crippen LogP contribution in [0.2, 0.25) is 0 Å². The monoisotopic (exact) mass is 444 g/mol. The second-order valence-corrected chi connectivity index (χ2v) is 7.26. The summed E-state index contributed by atoms with van der Waals surface area (Å²) in [6.45, 7) is 6.29. The number of carbonyl (C=O) groups excluding carboxylic acids is 1. The van der Waals surface area contributed by atoms with E-state index in [4.69, 9.17) is 4.74 Å². The Morgan fingerprint density at radius 1 is 1.16 bits per heavy atom. The fourth-order valence-electron chi connectivity index (χ4n) is 2.82. The number of aliphatic hydroxyl groups excluding tert-OH is 1. The van der Waals surface area contributed by atoms with Crippen LogP contribution in [0.3, 0.4) is 0 Å². The fourth-order valence-corrected chi connectivity index (χ4v) is 2.82. The number of ether oxygens (including phenoxy) is 2. The van der Waals surface area contributed by atoms with Gasteiger partial charge in [-0.15, -0.1) is 0 Å². The molecule has 10 heteroatoms. The summed E-state index contributed by atoms with van der Waals surface area (Å²) >= 11 is 0. The molecule has 0 heterocycles. The average molecular weight is 445 g/mol. The number of aliphatic hydroxyl groups is 1. The summed E-state index contributed by atoms with van der Waals surface area (Å²) < 4.78 is 33.7. The minimum atomic E-state index is -2.90. The van der Waals surface area contributed by atoms with Gasteiger partial charge in [0, 0.05) is 19.1 Å². The number of hydrogen-bond acceptors (Lipinski definition) is 5. The number of benzene rings is 1. The Labute approximate surface area is 182 Å². The van der Waals surface area contributed by atoms with Crippen LogP contribution in [-0.2, 0) is 4.74 Å². The van der Waals surface area contributed by atoms with Gasteiger partial charge in [0.2, 0.25) is 0 Å². The predicted octanol–water partition coefficient (Wildman–Crippen LogP) is 3.04. The van der Waals surface area contributed by atoms with Crippen LogP contribution >= 0.6 is 0 Å². The van der Waals surface area contributed by atoms with Gasteiger partial charge in [-0.2, -0.15) is 8.78 Å². The normalized spacial score (nSPS) is 13.6. The van der Waals surface area contributed by atoms with E-state index in [1.165, 1.54) is 24.3 Å². The molecule has 1 amide bonds. The molecule has 4 N–H and O–H groups in total. The van der Waals surface area contributed by atoms with E-state index in [0.717, 1.165) is 6.42 Å². The molecule has 2 unspecified atom stereocenters. The quantitative estimate of drug-likeness (QED) is 0.292. The van der Waals surface area contributed by atoms with Crippen LogP contribution in [0.5, 0.6) is 5.75 Å². The van der Waals surface area contributed by atoms with Gasteiger partial charge in [-0.1, -0.05) is 26.0 Å². The van der Waals surface area contributed by atoms with Gasteiger partial charge in [0.1, 0.15) is 5.75 Å². The van der Waals surface area contributed by atoms with Crippen molar-refractivity contribution in [3.8, 4) is 5.75 Å². The number of guanidine groups is 1. The molecule has 0 fully saturated rings. The highest BCUT2D eigenvalue weighted by Crippen LogP contribution is 2.19. The Morgan fingerprint density at radius 3 is 2.39 bits per heavy atom. The molecule has 0 aliphatic heterocycles. The summed E-state index contributed by atoms with van der Waals surface area (Å²) in [6, 6.07) is 5.61. The lowest BCUT2D eigenvalue weighted by atomic mass is 10.0. The molecule has 0 aliphatic carbocycles. The van der Waals surface area contributed by atoms with Crippen molar-refractivity contribution in [1.29, 1.82) is 0 Å². The molecular weight excluding hydrogens is 410 g/mol. The Balaban J connectivity index is 2.70. The Bertz CT molecular complexity index is 672. The van der Waals surface area contributed by atoms with Crippen molar-refractivity contribution < 1.29 is 28.2 Å². The van der Waals surface area contributed by atoms with E-state index in [0.29, 0.717) is 37.1 Å². The van der Waals surface area contributed by atoms with Crippen LogP contribution in [-0.4, -0.2) is 56.1 Å². The first kappa shape index (κ1) is 26.4. The summed E-state index contributed by atoms with van der Waals surface area (Å²) in [5.74, 6) is 0.875. The highest BCUT2D eigenvalue weighted by atomic mass is 19.3. The largest absolute Gasteiger partial charge is 0.450 e. The highest BCUT2D eigenvalue weighted by molar-refractivity contribution is 5.79. The summed E-state index contributed by atoms with van der Waals surface area (Å²) in [5, 5.41) is 19.4. The van der Waals surface area contributed by atoms with E-state index in [9.17, 15) is 18.7 Å². The Kier molecular flexibility index (Phi) is 12.3. The Hall–Kier alpha value is -2.62. The molecule has 0 radical (unpaired) electrons. The van der Waals surface area contributed by atoms with Gasteiger partial charge in [0.15, 0.2) is 5.96 Å². The maximum atomic E-state index is 12.2. The number of nitrogens with zero attached hydrogens (tertiary/aromatic N) is 1. The topological polar surface area (TPSA) is 104 Å². The molecule has 0 saturated carbocycles. The molecule has 0 aromatic heterocycles. The standard InChI is InChI=1S/C21H34F2N4O4/c1-5-24-20(25-12-16(11-14(3)4)27-21(29)30-6-2)26-13-18(28)15-7-9-17(10-8-15)31-19(22)23/h7-10,14,16,18-19,28H,5-6,11-13H2,1-4H3,(H,27,29)(H2,24,25,26). The van der Waals surface area contributed by atoms with Crippen molar-refractivity contribution in [3.63, 3.8) is 0 Å². The third-order valence-electron chi connectivity index (χ3n) is 4.13.